The van der Waals surface area contributed by atoms with Crippen LogP contribution in [0.5, 0.6) is 0 Å². The SMILES string of the molecule is Nc1ccc(NC2CCN3CCCCC23)cc1. The number of nitrogen functional groups attached to an aromatic ring is 1. The van der Waals surface area contributed by atoms with Gasteiger partial charge in [0.1, 0.15) is 0 Å². The molecule has 2 saturated heterocycles. The van der Waals surface area contributed by atoms with Crippen molar-refractivity contribution in [3.63, 3.8) is 0 Å². The number of nitrogens with zero attached hydrogens (tertiary/aromatic N) is 1. The Morgan fingerprint density at radius 1 is 1.06 bits per heavy atom. The maximum absolute atomic E-state index is 5.71. The Morgan fingerprint density at radius 2 is 1.88 bits per heavy atom. The van der Waals surface area contributed by atoms with Crippen molar-refractivity contribution in [3.05, 3.63) is 24.3 Å². The minimum absolute atomic E-state index is 0.624. The summed E-state index contributed by atoms with van der Waals surface area (Å²) in [5.41, 5.74) is 7.74. The maximum Gasteiger partial charge on any atom is 0.0428 e. The van der Waals surface area contributed by atoms with Crippen LogP contribution >= 0.6 is 0 Å². The number of hydrogen-bond acceptors (Lipinski definition) is 3. The topological polar surface area (TPSA) is 41.3 Å². The van der Waals surface area contributed by atoms with E-state index >= 15 is 0 Å². The van der Waals surface area contributed by atoms with Gasteiger partial charge in [-0.25, -0.2) is 0 Å². The van der Waals surface area contributed by atoms with Gasteiger partial charge in [0.25, 0.3) is 0 Å². The maximum atomic E-state index is 5.71. The van der Waals surface area contributed by atoms with Gasteiger partial charge in [-0.2, -0.15) is 0 Å². The molecule has 0 amide bonds. The van der Waals surface area contributed by atoms with Crippen LogP contribution in [0, 0.1) is 0 Å². The van der Waals surface area contributed by atoms with Crippen molar-refractivity contribution in [3.8, 4) is 0 Å². The van der Waals surface area contributed by atoms with Crippen LogP contribution in [0.3, 0.4) is 0 Å². The van der Waals surface area contributed by atoms with Gasteiger partial charge in [-0.15, -0.1) is 0 Å². The van der Waals surface area contributed by atoms with E-state index in [0.717, 1.165) is 11.7 Å². The van der Waals surface area contributed by atoms with E-state index in [9.17, 15) is 0 Å². The fourth-order valence-corrected chi connectivity index (χ4v) is 3.21. The van der Waals surface area contributed by atoms with Crippen LogP contribution < -0.4 is 11.1 Å². The number of fused-ring (bicyclic) bond motifs is 1. The van der Waals surface area contributed by atoms with Crippen LogP contribution in [0.4, 0.5) is 11.4 Å². The molecule has 0 saturated carbocycles. The lowest BCUT2D eigenvalue weighted by molar-refractivity contribution is 0.193. The molecule has 1 aromatic rings. The second kappa shape index (κ2) is 4.57. The van der Waals surface area contributed by atoms with E-state index in [0.29, 0.717) is 6.04 Å². The highest BCUT2D eigenvalue weighted by Crippen LogP contribution is 2.29. The van der Waals surface area contributed by atoms with Crippen LogP contribution in [0.2, 0.25) is 0 Å². The molecule has 3 rings (SSSR count). The predicted molar refractivity (Wildman–Crippen MR) is 72.1 cm³/mol. The Balaban J connectivity index is 1.67. The summed E-state index contributed by atoms with van der Waals surface area (Å²) in [6.07, 6.45) is 5.40. The molecule has 2 heterocycles. The summed E-state index contributed by atoms with van der Waals surface area (Å²) < 4.78 is 0. The zero-order valence-corrected chi connectivity index (χ0v) is 10.2. The zero-order chi connectivity index (χ0) is 11.7. The molecule has 3 heteroatoms. The summed E-state index contributed by atoms with van der Waals surface area (Å²) in [6.45, 7) is 2.56. The molecule has 2 aliphatic heterocycles. The molecule has 2 unspecified atom stereocenters. The number of nitrogens with one attached hydrogen (secondary N) is 1. The molecule has 2 aliphatic rings. The van der Waals surface area contributed by atoms with Crippen molar-refractivity contribution in [2.75, 3.05) is 24.1 Å². The molecule has 2 fully saturated rings. The molecule has 0 bridgehead atoms. The smallest absolute Gasteiger partial charge is 0.0428 e. The third-order valence-electron chi connectivity index (χ3n) is 4.12. The quantitative estimate of drug-likeness (QED) is 0.767. The Kier molecular flexibility index (Phi) is 2.93. The summed E-state index contributed by atoms with van der Waals surface area (Å²) in [7, 11) is 0. The number of benzene rings is 1. The summed E-state index contributed by atoms with van der Waals surface area (Å²) in [4.78, 5) is 2.65. The Morgan fingerprint density at radius 3 is 2.71 bits per heavy atom. The second-order valence-corrected chi connectivity index (χ2v) is 5.26. The van der Waals surface area contributed by atoms with Gasteiger partial charge in [0.15, 0.2) is 0 Å². The van der Waals surface area contributed by atoms with Gasteiger partial charge in [0.05, 0.1) is 0 Å². The van der Waals surface area contributed by atoms with Gasteiger partial charge in [0.2, 0.25) is 0 Å². The third-order valence-corrected chi connectivity index (χ3v) is 4.12. The first-order chi connectivity index (χ1) is 8.33. The van der Waals surface area contributed by atoms with E-state index in [1.807, 2.05) is 12.1 Å². The highest BCUT2D eigenvalue weighted by Gasteiger charge is 2.35. The fourth-order valence-electron chi connectivity index (χ4n) is 3.21. The third kappa shape index (κ3) is 2.25. The average Bonchev–Trinajstić information content (AvgIpc) is 2.76. The molecule has 0 aromatic heterocycles. The van der Waals surface area contributed by atoms with Crippen LogP contribution in [0.25, 0.3) is 0 Å². The first-order valence-electron chi connectivity index (χ1n) is 6.69. The molecule has 3 N–H and O–H groups in total. The standard InChI is InChI=1S/C14H21N3/c15-11-4-6-12(7-5-11)16-13-8-10-17-9-2-1-3-14(13)17/h4-7,13-14,16H,1-3,8-10,15H2. The lowest BCUT2D eigenvalue weighted by atomic mass is 9.99. The van der Waals surface area contributed by atoms with Crippen molar-refractivity contribution in [2.45, 2.75) is 37.8 Å². The Bertz CT molecular complexity index is 374. The van der Waals surface area contributed by atoms with Crippen molar-refractivity contribution < 1.29 is 0 Å². The molecule has 2 atom stereocenters. The van der Waals surface area contributed by atoms with Gasteiger partial charge in [-0.05, 0) is 50.1 Å². The van der Waals surface area contributed by atoms with E-state index in [1.54, 1.807) is 0 Å². The van der Waals surface area contributed by atoms with E-state index in [1.165, 1.54) is 44.5 Å². The van der Waals surface area contributed by atoms with Crippen LogP contribution in [-0.2, 0) is 0 Å². The van der Waals surface area contributed by atoms with Crippen molar-refractivity contribution in [2.24, 2.45) is 0 Å². The second-order valence-electron chi connectivity index (χ2n) is 5.26. The minimum Gasteiger partial charge on any atom is -0.399 e. The molecule has 1 aromatic carbocycles. The monoisotopic (exact) mass is 231 g/mol. The van der Waals surface area contributed by atoms with E-state index in [-0.39, 0.29) is 0 Å². The molecular weight excluding hydrogens is 210 g/mol. The van der Waals surface area contributed by atoms with Crippen molar-refractivity contribution in [1.29, 1.82) is 0 Å². The normalized spacial score (nSPS) is 28.9. The molecular formula is C14H21N3. The minimum atomic E-state index is 0.624. The number of rotatable bonds is 2. The van der Waals surface area contributed by atoms with Gasteiger partial charge in [-0.3, -0.25) is 4.90 Å². The lowest BCUT2D eigenvalue weighted by Gasteiger charge is -2.33. The first-order valence-corrected chi connectivity index (χ1v) is 6.69. The highest BCUT2D eigenvalue weighted by atomic mass is 15.2. The average molecular weight is 231 g/mol. The summed E-state index contributed by atoms with van der Waals surface area (Å²) in [6, 6.07) is 9.48. The Hall–Kier alpha value is -1.22. The highest BCUT2D eigenvalue weighted by molar-refractivity contribution is 5.52. The van der Waals surface area contributed by atoms with Gasteiger partial charge >= 0.3 is 0 Å². The van der Waals surface area contributed by atoms with Crippen LogP contribution in [0.1, 0.15) is 25.7 Å². The summed E-state index contributed by atoms with van der Waals surface area (Å²) in [5, 5.41) is 3.67. The molecule has 0 radical (unpaired) electrons. The van der Waals surface area contributed by atoms with Gasteiger partial charge in [0, 0.05) is 30.0 Å². The largest absolute Gasteiger partial charge is 0.399 e. The van der Waals surface area contributed by atoms with E-state index in [2.05, 4.69) is 22.3 Å². The number of piperidine rings is 1. The Labute approximate surface area is 103 Å². The lowest BCUT2D eigenvalue weighted by Crippen LogP contribution is -2.41. The van der Waals surface area contributed by atoms with E-state index in [4.69, 9.17) is 5.73 Å². The van der Waals surface area contributed by atoms with E-state index < -0.39 is 0 Å². The molecule has 0 aliphatic carbocycles. The summed E-state index contributed by atoms with van der Waals surface area (Å²) in [5.74, 6) is 0. The first kappa shape index (κ1) is 10.9. The zero-order valence-electron chi connectivity index (χ0n) is 10.2. The van der Waals surface area contributed by atoms with Crippen molar-refractivity contribution in [1.82, 2.24) is 4.90 Å². The predicted octanol–water partition coefficient (Wildman–Crippen LogP) is 2.31. The molecule has 0 spiro atoms. The van der Waals surface area contributed by atoms with Crippen molar-refractivity contribution >= 4 is 11.4 Å². The van der Waals surface area contributed by atoms with Gasteiger partial charge < -0.3 is 11.1 Å². The number of anilines is 2. The van der Waals surface area contributed by atoms with Gasteiger partial charge in [-0.1, -0.05) is 6.42 Å². The molecule has 3 nitrogen and oxygen atoms in total. The molecule has 92 valence electrons. The number of nitrogens with two attached hydrogens (primary N) is 1. The molecule has 17 heavy (non-hydrogen) atoms. The van der Waals surface area contributed by atoms with Crippen LogP contribution in [-0.4, -0.2) is 30.1 Å². The number of hydrogen-bond donors (Lipinski definition) is 2. The summed E-state index contributed by atoms with van der Waals surface area (Å²) >= 11 is 0. The fraction of sp³-hybridized carbons (Fsp3) is 0.571. The van der Waals surface area contributed by atoms with Crippen LogP contribution in [0.15, 0.2) is 24.3 Å².